The van der Waals surface area contributed by atoms with E-state index in [9.17, 15) is 4.79 Å². The van der Waals surface area contributed by atoms with Crippen molar-refractivity contribution in [1.82, 2.24) is 5.32 Å². The number of hydrogen-bond acceptors (Lipinski definition) is 6. The summed E-state index contributed by atoms with van der Waals surface area (Å²) in [5, 5.41) is 32.0. The van der Waals surface area contributed by atoms with Crippen molar-refractivity contribution >= 4 is 17.3 Å². The predicted molar refractivity (Wildman–Crippen MR) is 79.2 cm³/mol. The molecule has 0 saturated carbocycles. The molecule has 0 atom stereocenters. The molecule has 0 aliphatic carbocycles. The minimum atomic E-state index is -0.265. The maximum atomic E-state index is 11.4. The minimum absolute atomic E-state index is 0.0177. The van der Waals surface area contributed by atoms with Crippen molar-refractivity contribution in [2.24, 2.45) is 0 Å². The largest absolute Gasteiger partial charge is 0.360 e. The van der Waals surface area contributed by atoms with Gasteiger partial charge >= 0.3 is 0 Å². The highest BCUT2D eigenvalue weighted by molar-refractivity contribution is 5.82. The summed E-state index contributed by atoms with van der Waals surface area (Å²) in [7, 11) is 0. The van der Waals surface area contributed by atoms with Crippen LogP contribution in [-0.2, 0) is 4.79 Å². The number of hydrogen-bond donors (Lipinski definition) is 2. The van der Waals surface area contributed by atoms with E-state index in [2.05, 4.69) is 10.6 Å². The van der Waals surface area contributed by atoms with Crippen molar-refractivity contribution in [3.8, 4) is 18.2 Å². The second-order valence-corrected chi connectivity index (χ2v) is 4.53. The van der Waals surface area contributed by atoms with E-state index in [1.165, 1.54) is 0 Å². The topological polar surface area (TPSA) is 116 Å². The van der Waals surface area contributed by atoms with Crippen molar-refractivity contribution in [2.45, 2.75) is 0 Å². The Morgan fingerprint density at radius 2 is 1.82 bits per heavy atom. The quantitative estimate of drug-likeness (QED) is 0.798. The summed E-state index contributed by atoms with van der Waals surface area (Å²) in [4.78, 5) is 13.3. The molecule has 0 spiro atoms. The molecule has 0 bridgehead atoms. The van der Waals surface area contributed by atoms with E-state index >= 15 is 0 Å². The number of anilines is 2. The van der Waals surface area contributed by atoms with Crippen LogP contribution in [0.25, 0.3) is 0 Å². The van der Waals surface area contributed by atoms with Crippen molar-refractivity contribution < 1.29 is 4.79 Å². The highest BCUT2D eigenvalue weighted by atomic mass is 16.2. The van der Waals surface area contributed by atoms with Crippen LogP contribution < -0.4 is 15.5 Å². The fourth-order valence-electron chi connectivity index (χ4n) is 2.04. The number of carbonyl (C=O) groups is 1. The maximum Gasteiger partial charge on any atom is 0.239 e. The van der Waals surface area contributed by atoms with Crippen LogP contribution in [0.1, 0.15) is 0 Å². The van der Waals surface area contributed by atoms with Gasteiger partial charge in [-0.2, -0.15) is 15.8 Å². The van der Waals surface area contributed by atoms with Gasteiger partial charge in [-0.15, -0.1) is 0 Å². The van der Waals surface area contributed by atoms with Gasteiger partial charge in [0.2, 0.25) is 5.91 Å². The molecule has 1 aromatic carbocycles. The molecular weight excluding hydrogens is 280 g/mol. The molecule has 2 N–H and O–H groups in total. The van der Waals surface area contributed by atoms with E-state index in [-0.39, 0.29) is 17.2 Å². The average Bonchev–Trinajstić information content (AvgIpc) is 2.55. The third kappa shape index (κ3) is 3.33. The Labute approximate surface area is 127 Å². The first-order chi connectivity index (χ1) is 10.7. The van der Waals surface area contributed by atoms with E-state index in [0.717, 1.165) is 12.2 Å². The molecule has 22 heavy (non-hydrogen) atoms. The second-order valence-electron chi connectivity index (χ2n) is 4.53. The Bertz CT molecular complexity index is 713. The maximum absolute atomic E-state index is 11.4. The number of nitrogens with zero attached hydrogens (tertiary/aromatic N) is 4. The number of rotatable bonds is 3. The van der Waals surface area contributed by atoms with Crippen LogP contribution in [0.3, 0.4) is 0 Å². The van der Waals surface area contributed by atoms with Crippen molar-refractivity contribution in [1.29, 1.82) is 15.8 Å². The number of amides is 1. The Kier molecular flexibility index (Phi) is 4.59. The number of allylic oxidation sites excluding steroid dienone is 2. The molecule has 1 amide bonds. The SMILES string of the molecule is N#CC(C#N)=C(C#N)Nc1ccc(N2CCNC(=O)C2)cc1. The van der Waals surface area contributed by atoms with Gasteiger partial charge in [0.05, 0.1) is 6.54 Å². The summed E-state index contributed by atoms with van der Waals surface area (Å²) >= 11 is 0. The van der Waals surface area contributed by atoms with Gasteiger partial charge in [0.15, 0.2) is 5.57 Å². The molecule has 0 unspecified atom stereocenters. The summed E-state index contributed by atoms with van der Waals surface area (Å²) in [6.07, 6.45) is 0. The first-order valence-electron chi connectivity index (χ1n) is 6.51. The first-order valence-corrected chi connectivity index (χ1v) is 6.51. The molecule has 108 valence electrons. The summed E-state index contributed by atoms with van der Waals surface area (Å²) in [5.41, 5.74) is 1.13. The Balaban J connectivity index is 2.15. The number of nitriles is 3. The molecule has 1 aliphatic rings. The van der Waals surface area contributed by atoms with Crippen molar-refractivity contribution in [2.75, 3.05) is 29.9 Å². The fourth-order valence-corrected chi connectivity index (χ4v) is 2.04. The highest BCUT2D eigenvalue weighted by Crippen LogP contribution is 2.20. The van der Waals surface area contributed by atoms with E-state index in [0.29, 0.717) is 18.8 Å². The summed E-state index contributed by atoms with van der Waals surface area (Å²) in [6, 6.07) is 12.2. The van der Waals surface area contributed by atoms with Crippen molar-refractivity contribution in [3.63, 3.8) is 0 Å². The normalized spacial score (nSPS) is 13.1. The van der Waals surface area contributed by atoms with Gasteiger partial charge < -0.3 is 15.5 Å². The van der Waals surface area contributed by atoms with Crippen LogP contribution >= 0.6 is 0 Å². The molecule has 1 aliphatic heterocycles. The number of benzene rings is 1. The van der Waals surface area contributed by atoms with Gasteiger partial charge in [0.1, 0.15) is 23.9 Å². The van der Waals surface area contributed by atoms with Crippen LogP contribution in [-0.4, -0.2) is 25.5 Å². The summed E-state index contributed by atoms with van der Waals surface area (Å²) in [6.45, 7) is 1.64. The smallest absolute Gasteiger partial charge is 0.239 e. The lowest BCUT2D eigenvalue weighted by atomic mass is 10.2. The molecule has 1 aromatic rings. The Morgan fingerprint density at radius 1 is 1.14 bits per heavy atom. The van der Waals surface area contributed by atoms with Crippen LogP contribution in [0.5, 0.6) is 0 Å². The zero-order valence-corrected chi connectivity index (χ0v) is 11.6. The van der Waals surface area contributed by atoms with E-state index in [4.69, 9.17) is 15.8 Å². The van der Waals surface area contributed by atoms with Crippen LogP contribution in [0.2, 0.25) is 0 Å². The zero-order valence-electron chi connectivity index (χ0n) is 11.6. The summed E-state index contributed by atoms with van der Waals surface area (Å²) < 4.78 is 0. The van der Waals surface area contributed by atoms with Gasteiger partial charge in [0.25, 0.3) is 0 Å². The second kappa shape index (κ2) is 6.78. The predicted octanol–water partition coefficient (Wildman–Crippen LogP) is 0.860. The number of carbonyl (C=O) groups excluding carboxylic acids is 1. The monoisotopic (exact) mass is 292 g/mol. The molecule has 7 heteroatoms. The number of nitrogens with one attached hydrogen (secondary N) is 2. The Morgan fingerprint density at radius 3 is 2.36 bits per heavy atom. The lowest BCUT2D eigenvalue weighted by molar-refractivity contribution is -0.120. The molecule has 7 nitrogen and oxygen atoms in total. The Hall–Kier alpha value is -3.50. The molecule has 1 saturated heterocycles. The summed E-state index contributed by atoms with van der Waals surface area (Å²) in [5.74, 6) is -0.0177. The van der Waals surface area contributed by atoms with Crippen LogP contribution in [0, 0.1) is 34.0 Å². The third-order valence-electron chi connectivity index (χ3n) is 3.13. The van der Waals surface area contributed by atoms with Crippen LogP contribution in [0.15, 0.2) is 35.5 Å². The lowest BCUT2D eigenvalue weighted by Crippen LogP contribution is -2.47. The van der Waals surface area contributed by atoms with E-state index in [1.807, 2.05) is 17.0 Å². The highest BCUT2D eigenvalue weighted by Gasteiger charge is 2.16. The van der Waals surface area contributed by atoms with Gasteiger partial charge in [-0.25, -0.2) is 0 Å². The van der Waals surface area contributed by atoms with Gasteiger partial charge in [-0.05, 0) is 24.3 Å². The van der Waals surface area contributed by atoms with E-state index in [1.54, 1.807) is 30.3 Å². The van der Waals surface area contributed by atoms with Gasteiger partial charge in [-0.3, -0.25) is 4.79 Å². The van der Waals surface area contributed by atoms with Crippen molar-refractivity contribution in [3.05, 3.63) is 35.5 Å². The fraction of sp³-hybridized carbons (Fsp3) is 0.200. The third-order valence-corrected chi connectivity index (χ3v) is 3.13. The molecule has 0 radical (unpaired) electrons. The average molecular weight is 292 g/mol. The molecular formula is C15H12N6O. The molecule has 1 fully saturated rings. The van der Waals surface area contributed by atoms with E-state index < -0.39 is 0 Å². The van der Waals surface area contributed by atoms with Gasteiger partial charge in [-0.1, -0.05) is 0 Å². The molecule has 0 aromatic heterocycles. The first kappa shape index (κ1) is 14.9. The zero-order chi connectivity index (χ0) is 15.9. The lowest BCUT2D eigenvalue weighted by Gasteiger charge is -2.28. The van der Waals surface area contributed by atoms with Crippen LogP contribution in [0.4, 0.5) is 11.4 Å². The molecule has 2 rings (SSSR count). The molecule has 1 heterocycles. The van der Waals surface area contributed by atoms with Gasteiger partial charge in [0, 0.05) is 24.5 Å². The number of piperazine rings is 1. The minimum Gasteiger partial charge on any atom is -0.360 e. The standard InChI is InChI=1S/C15H12N6O/c16-7-11(8-17)14(9-18)20-12-1-3-13(4-2-12)21-6-5-19-15(22)10-21/h1-4,20H,5-6,10H2,(H,19,22).